The summed E-state index contributed by atoms with van der Waals surface area (Å²) in [6.07, 6.45) is 0.156. The first kappa shape index (κ1) is 28.6. The molecule has 2 heterocycles. The predicted molar refractivity (Wildman–Crippen MR) is 147 cm³/mol. The number of likely N-dealkylation sites (tertiary alicyclic amines) is 1. The van der Waals surface area contributed by atoms with E-state index in [1.807, 2.05) is 30.3 Å². The zero-order valence-corrected chi connectivity index (χ0v) is 22.7. The summed E-state index contributed by atoms with van der Waals surface area (Å²) in [5.41, 5.74) is 0.510. The number of fused-ring (bicyclic) bond motifs is 1. The molecule has 0 spiro atoms. The molecule has 1 aromatic heterocycles. The highest BCUT2D eigenvalue weighted by atomic mass is 19.4. The van der Waals surface area contributed by atoms with Crippen LogP contribution in [0, 0.1) is 0 Å². The number of aromatic nitrogens is 2. The molecule has 41 heavy (non-hydrogen) atoms. The van der Waals surface area contributed by atoms with E-state index in [9.17, 15) is 22.8 Å². The fourth-order valence-electron chi connectivity index (χ4n) is 5.50. The van der Waals surface area contributed by atoms with Gasteiger partial charge < -0.3 is 20.3 Å². The molecule has 1 aliphatic carbocycles. The van der Waals surface area contributed by atoms with Gasteiger partial charge in [-0.25, -0.2) is 14.8 Å². The van der Waals surface area contributed by atoms with Crippen molar-refractivity contribution in [2.45, 2.75) is 56.6 Å². The zero-order chi connectivity index (χ0) is 29.0. The molecule has 1 saturated heterocycles. The number of hydrogen-bond acceptors (Lipinski definition) is 7. The maximum absolute atomic E-state index is 13.1. The Morgan fingerprint density at radius 3 is 2.49 bits per heavy atom. The molecule has 1 saturated carbocycles. The molecule has 2 N–H and O–H groups in total. The molecule has 1 aliphatic heterocycles. The van der Waals surface area contributed by atoms with Crippen LogP contribution in [0.5, 0.6) is 0 Å². The van der Waals surface area contributed by atoms with Gasteiger partial charge in [0.05, 0.1) is 23.7 Å². The van der Waals surface area contributed by atoms with E-state index in [4.69, 9.17) is 4.74 Å². The number of carbonyl (C=O) groups excluding carboxylic acids is 2. The molecule has 0 unspecified atom stereocenters. The van der Waals surface area contributed by atoms with Crippen LogP contribution in [0.1, 0.15) is 36.8 Å². The van der Waals surface area contributed by atoms with Gasteiger partial charge in [0.1, 0.15) is 18.8 Å². The van der Waals surface area contributed by atoms with E-state index in [0.717, 1.165) is 56.5 Å². The SMILES string of the molecule is CN(C(=O)OCc1ccccc1)[C@H]1CC[C@@H](N2CC(NC(=O)CNc3ncnc4ccc(C(F)(F)F)cc34)C2)CC1. The van der Waals surface area contributed by atoms with Crippen molar-refractivity contribution in [3.63, 3.8) is 0 Å². The van der Waals surface area contributed by atoms with E-state index >= 15 is 0 Å². The number of nitrogens with zero attached hydrogens (tertiary/aromatic N) is 4. The van der Waals surface area contributed by atoms with Gasteiger partial charge in [0.25, 0.3) is 0 Å². The fourth-order valence-corrected chi connectivity index (χ4v) is 5.50. The average molecular weight is 571 g/mol. The number of anilines is 1. The third-order valence-corrected chi connectivity index (χ3v) is 7.88. The normalized spacial score (nSPS) is 19.8. The third kappa shape index (κ3) is 7.05. The first-order valence-corrected chi connectivity index (χ1v) is 13.7. The first-order valence-electron chi connectivity index (χ1n) is 13.7. The van der Waals surface area contributed by atoms with E-state index in [-0.39, 0.29) is 48.4 Å². The van der Waals surface area contributed by atoms with Crippen LogP contribution < -0.4 is 10.6 Å². The standard InChI is InChI=1S/C29H33F3N6O3/c1-37(28(40)41-17-19-5-3-2-4-6-19)22-8-10-23(11-9-22)38-15-21(16-38)36-26(39)14-33-27-24-13-20(29(30,31)32)7-12-25(24)34-18-35-27/h2-7,12-13,18,21-23H,8-11,14-17H2,1H3,(H,36,39)(H,33,34,35)/t22-,23+. The number of benzene rings is 2. The Bertz CT molecular complexity index is 1360. The summed E-state index contributed by atoms with van der Waals surface area (Å²) in [5, 5.41) is 6.03. The van der Waals surface area contributed by atoms with Gasteiger partial charge in [0.15, 0.2) is 0 Å². The molecule has 0 radical (unpaired) electrons. The summed E-state index contributed by atoms with van der Waals surface area (Å²) >= 11 is 0. The van der Waals surface area contributed by atoms with Crippen LogP contribution in [-0.2, 0) is 22.3 Å². The van der Waals surface area contributed by atoms with Gasteiger partial charge in [-0.3, -0.25) is 9.69 Å². The highest BCUT2D eigenvalue weighted by molar-refractivity contribution is 5.91. The molecule has 2 aromatic carbocycles. The highest BCUT2D eigenvalue weighted by Gasteiger charge is 2.36. The van der Waals surface area contributed by atoms with Crippen LogP contribution >= 0.6 is 0 Å². The lowest BCUT2D eigenvalue weighted by Gasteiger charge is -2.47. The summed E-state index contributed by atoms with van der Waals surface area (Å²) in [5.74, 6) is -0.0788. The fraction of sp³-hybridized carbons (Fsp3) is 0.448. The van der Waals surface area contributed by atoms with Crippen molar-refractivity contribution in [3.8, 4) is 0 Å². The monoisotopic (exact) mass is 570 g/mol. The third-order valence-electron chi connectivity index (χ3n) is 7.88. The summed E-state index contributed by atoms with van der Waals surface area (Å²) in [4.78, 5) is 37.1. The molecule has 9 nitrogen and oxygen atoms in total. The van der Waals surface area contributed by atoms with Crippen molar-refractivity contribution in [1.82, 2.24) is 25.1 Å². The average Bonchev–Trinajstić information content (AvgIpc) is 2.96. The lowest BCUT2D eigenvalue weighted by atomic mass is 9.87. The van der Waals surface area contributed by atoms with E-state index in [0.29, 0.717) is 11.6 Å². The summed E-state index contributed by atoms with van der Waals surface area (Å²) in [6.45, 7) is 1.61. The summed E-state index contributed by atoms with van der Waals surface area (Å²) < 4.78 is 44.9. The van der Waals surface area contributed by atoms with Gasteiger partial charge in [-0.05, 0) is 49.4 Å². The van der Waals surface area contributed by atoms with E-state index in [2.05, 4.69) is 25.5 Å². The van der Waals surface area contributed by atoms with Gasteiger partial charge in [-0.1, -0.05) is 30.3 Å². The molecule has 5 rings (SSSR count). The smallest absolute Gasteiger partial charge is 0.416 e. The first-order chi connectivity index (χ1) is 19.7. The number of alkyl halides is 3. The van der Waals surface area contributed by atoms with Crippen molar-refractivity contribution in [2.24, 2.45) is 0 Å². The van der Waals surface area contributed by atoms with Gasteiger partial charge in [-0.15, -0.1) is 0 Å². The molecule has 218 valence electrons. The molecule has 0 atom stereocenters. The Labute approximate surface area is 236 Å². The lowest BCUT2D eigenvalue weighted by molar-refractivity contribution is -0.137. The van der Waals surface area contributed by atoms with Gasteiger partial charge >= 0.3 is 12.3 Å². The number of rotatable bonds is 8. The van der Waals surface area contributed by atoms with Crippen molar-refractivity contribution in [1.29, 1.82) is 0 Å². The van der Waals surface area contributed by atoms with Crippen LogP contribution in [0.3, 0.4) is 0 Å². The van der Waals surface area contributed by atoms with Crippen molar-refractivity contribution in [3.05, 3.63) is 66.0 Å². The molecule has 0 bridgehead atoms. The van der Waals surface area contributed by atoms with Crippen molar-refractivity contribution < 1.29 is 27.5 Å². The predicted octanol–water partition coefficient (Wildman–Crippen LogP) is 4.44. The second-order valence-corrected chi connectivity index (χ2v) is 10.6. The van der Waals surface area contributed by atoms with Crippen molar-refractivity contribution >= 4 is 28.7 Å². The summed E-state index contributed by atoms with van der Waals surface area (Å²) in [6, 6.07) is 13.4. The second kappa shape index (κ2) is 12.3. The van der Waals surface area contributed by atoms with Crippen LogP contribution in [0.15, 0.2) is 54.9 Å². The van der Waals surface area contributed by atoms with Gasteiger partial charge in [0.2, 0.25) is 5.91 Å². The minimum absolute atomic E-state index is 0.0108. The largest absolute Gasteiger partial charge is 0.445 e. The maximum atomic E-state index is 13.1. The molecular weight excluding hydrogens is 537 g/mol. The maximum Gasteiger partial charge on any atom is 0.416 e. The number of nitrogens with one attached hydrogen (secondary N) is 2. The van der Waals surface area contributed by atoms with Crippen LogP contribution in [-0.4, -0.2) is 76.6 Å². The molecule has 3 aromatic rings. The second-order valence-electron chi connectivity index (χ2n) is 10.6. The Hall–Kier alpha value is -3.93. The Kier molecular flexibility index (Phi) is 8.57. The molecule has 2 aliphatic rings. The van der Waals surface area contributed by atoms with Gasteiger partial charge in [-0.2, -0.15) is 13.2 Å². The Morgan fingerprint density at radius 1 is 1.05 bits per heavy atom. The number of ether oxygens (including phenoxy) is 1. The number of carbonyl (C=O) groups is 2. The van der Waals surface area contributed by atoms with Crippen molar-refractivity contribution in [2.75, 3.05) is 32.0 Å². The topological polar surface area (TPSA) is 99.7 Å². The Balaban J connectivity index is 1.02. The zero-order valence-electron chi connectivity index (χ0n) is 22.7. The van der Waals surface area contributed by atoms with E-state index < -0.39 is 11.7 Å². The Morgan fingerprint density at radius 2 is 1.78 bits per heavy atom. The molecule has 2 amide bonds. The molecule has 2 fully saturated rings. The van der Waals surface area contributed by atoms with Crippen LogP contribution in [0.4, 0.5) is 23.8 Å². The minimum atomic E-state index is -4.49. The van der Waals surface area contributed by atoms with E-state index in [1.165, 1.54) is 12.4 Å². The van der Waals surface area contributed by atoms with Crippen LogP contribution in [0.25, 0.3) is 10.9 Å². The number of hydrogen-bond donors (Lipinski definition) is 2. The molecule has 12 heteroatoms. The van der Waals surface area contributed by atoms with Gasteiger partial charge in [0, 0.05) is 37.6 Å². The van der Waals surface area contributed by atoms with Crippen LogP contribution in [0.2, 0.25) is 0 Å². The minimum Gasteiger partial charge on any atom is -0.445 e. The van der Waals surface area contributed by atoms with E-state index in [1.54, 1.807) is 11.9 Å². The lowest BCUT2D eigenvalue weighted by Crippen LogP contribution is -2.63. The quantitative estimate of drug-likeness (QED) is 0.413. The summed E-state index contributed by atoms with van der Waals surface area (Å²) in [7, 11) is 1.79. The number of amides is 2. The molecular formula is C29H33F3N6O3. The number of halogens is 3. The highest BCUT2D eigenvalue weighted by Crippen LogP contribution is 2.33.